The van der Waals surface area contributed by atoms with Crippen LogP contribution in [0.25, 0.3) is 5.57 Å². The number of carbonyl (C=O) groups excluding carboxylic acids is 1. The van der Waals surface area contributed by atoms with Crippen molar-refractivity contribution in [3.8, 4) is 0 Å². The van der Waals surface area contributed by atoms with Crippen molar-refractivity contribution in [1.29, 1.82) is 0 Å². The van der Waals surface area contributed by atoms with Gasteiger partial charge in [-0.3, -0.25) is 4.79 Å². The summed E-state index contributed by atoms with van der Waals surface area (Å²) < 4.78 is 0. The highest BCUT2D eigenvalue weighted by Crippen LogP contribution is 2.47. The van der Waals surface area contributed by atoms with Gasteiger partial charge in [0.1, 0.15) is 5.78 Å². The fraction of sp³-hybridized carbons (Fsp3) is 0.400. The van der Waals surface area contributed by atoms with Crippen LogP contribution in [0.3, 0.4) is 0 Å². The van der Waals surface area contributed by atoms with Gasteiger partial charge in [-0.15, -0.1) is 0 Å². The molecule has 0 aliphatic heterocycles. The summed E-state index contributed by atoms with van der Waals surface area (Å²) in [5.41, 5.74) is 2.36. The summed E-state index contributed by atoms with van der Waals surface area (Å²) in [4.78, 5) is 11.7. The van der Waals surface area contributed by atoms with Crippen LogP contribution in [-0.4, -0.2) is 5.78 Å². The summed E-state index contributed by atoms with van der Waals surface area (Å²) in [5.74, 6) is 0.606. The standard InChI is InChI=1S/C15H18O/c1-11-14(13-7-5-4-6-8-13)9-10-15(11,3)12(2)16/h4-9,11H,10H2,1-3H3/t11-,15-/m1/s1. The fourth-order valence-corrected chi connectivity index (χ4v) is 2.47. The van der Waals surface area contributed by atoms with E-state index in [1.165, 1.54) is 11.1 Å². The van der Waals surface area contributed by atoms with Gasteiger partial charge in [-0.25, -0.2) is 0 Å². The zero-order chi connectivity index (χ0) is 11.8. The van der Waals surface area contributed by atoms with Crippen molar-refractivity contribution in [2.75, 3.05) is 0 Å². The van der Waals surface area contributed by atoms with Gasteiger partial charge < -0.3 is 0 Å². The van der Waals surface area contributed by atoms with Crippen molar-refractivity contribution >= 4 is 11.4 Å². The van der Waals surface area contributed by atoms with Gasteiger partial charge in [0.2, 0.25) is 0 Å². The van der Waals surface area contributed by atoms with Crippen LogP contribution in [0.4, 0.5) is 0 Å². The Bertz CT molecular complexity index is 430. The minimum Gasteiger partial charge on any atom is -0.299 e. The molecule has 0 heterocycles. The van der Waals surface area contributed by atoms with Gasteiger partial charge in [0.05, 0.1) is 0 Å². The Labute approximate surface area is 97.2 Å². The minimum atomic E-state index is -0.203. The van der Waals surface area contributed by atoms with E-state index in [2.05, 4.69) is 32.1 Å². The number of carbonyl (C=O) groups is 1. The molecule has 0 saturated heterocycles. The molecular formula is C15H18O. The van der Waals surface area contributed by atoms with Gasteiger partial charge in [-0.1, -0.05) is 50.3 Å². The molecular weight excluding hydrogens is 196 g/mol. The number of rotatable bonds is 2. The summed E-state index contributed by atoms with van der Waals surface area (Å²) in [6, 6.07) is 10.4. The van der Waals surface area contributed by atoms with Gasteiger partial charge >= 0.3 is 0 Å². The predicted octanol–water partition coefficient (Wildman–Crippen LogP) is 3.71. The summed E-state index contributed by atoms with van der Waals surface area (Å²) in [6.07, 6.45) is 3.09. The number of hydrogen-bond donors (Lipinski definition) is 0. The van der Waals surface area contributed by atoms with Gasteiger partial charge in [0.25, 0.3) is 0 Å². The molecule has 2 atom stereocenters. The first kappa shape index (κ1) is 11.1. The molecule has 0 saturated carbocycles. The maximum absolute atomic E-state index is 11.7. The van der Waals surface area contributed by atoms with Crippen molar-refractivity contribution in [1.82, 2.24) is 0 Å². The Balaban J connectivity index is 2.32. The zero-order valence-electron chi connectivity index (χ0n) is 10.2. The normalized spacial score (nSPS) is 28.9. The smallest absolute Gasteiger partial charge is 0.136 e. The summed E-state index contributed by atoms with van der Waals surface area (Å²) in [6.45, 7) is 5.94. The molecule has 0 N–H and O–H groups in total. The third-order valence-corrected chi connectivity index (χ3v) is 4.08. The summed E-state index contributed by atoms with van der Waals surface area (Å²) in [7, 11) is 0. The molecule has 1 nitrogen and oxygen atoms in total. The van der Waals surface area contributed by atoms with Crippen molar-refractivity contribution in [2.45, 2.75) is 27.2 Å². The lowest BCUT2D eigenvalue weighted by Gasteiger charge is -2.28. The highest BCUT2D eigenvalue weighted by molar-refractivity contribution is 5.88. The highest BCUT2D eigenvalue weighted by Gasteiger charge is 2.41. The molecule has 1 aliphatic carbocycles. The maximum atomic E-state index is 11.7. The first-order valence-electron chi connectivity index (χ1n) is 5.82. The highest BCUT2D eigenvalue weighted by atomic mass is 16.1. The summed E-state index contributed by atoms with van der Waals surface area (Å²) >= 11 is 0. The maximum Gasteiger partial charge on any atom is 0.136 e. The van der Waals surface area contributed by atoms with Crippen molar-refractivity contribution < 1.29 is 4.79 Å². The lowest BCUT2D eigenvalue weighted by atomic mass is 9.74. The average molecular weight is 214 g/mol. The lowest BCUT2D eigenvalue weighted by molar-refractivity contribution is -0.126. The molecule has 2 rings (SSSR count). The molecule has 84 valence electrons. The van der Waals surface area contributed by atoms with Gasteiger partial charge in [-0.2, -0.15) is 0 Å². The molecule has 0 radical (unpaired) electrons. The van der Waals surface area contributed by atoms with E-state index in [0.29, 0.717) is 11.7 Å². The molecule has 0 unspecified atom stereocenters. The fourth-order valence-electron chi connectivity index (χ4n) is 2.47. The first-order chi connectivity index (χ1) is 7.55. The Kier molecular flexibility index (Phi) is 2.71. The van der Waals surface area contributed by atoms with E-state index >= 15 is 0 Å². The van der Waals surface area contributed by atoms with E-state index in [4.69, 9.17) is 0 Å². The number of ketones is 1. The quantitative estimate of drug-likeness (QED) is 0.733. The van der Waals surface area contributed by atoms with Crippen LogP contribution >= 0.6 is 0 Å². The summed E-state index contributed by atoms with van der Waals surface area (Å²) in [5, 5.41) is 0. The third kappa shape index (κ3) is 1.60. The van der Waals surface area contributed by atoms with Crippen LogP contribution in [0.2, 0.25) is 0 Å². The van der Waals surface area contributed by atoms with Gasteiger partial charge in [-0.05, 0) is 30.4 Å². The first-order valence-corrected chi connectivity index (χ1v) is 5.82. The number of benzene rings is 1. The predicted molar refractivity (Wildman–Crippen MR) is 67.0 cm³/mol. The molecule has 0 bridgehead atoms. The second kappa shape index (κ2) is 3.89. The molecule has 0 amide bonds. The van der Waals surface area contributed by atoms with Crippen LogP contribution in [-0.2, 0) is 4.79 Å². The number of allylic oxidation sites excluding steroid dienone is 2. The Morgan fingerprint density at radius 2 is 1.94 bits per heavy atom. The second-order valence-electron chi connectivity index (χ2n) is 4.92. The zero-order valence-corrected chi connectivity index (χ0v) is 10.2. The molecule has 1 aromatic carbocycles. The van der Waals surface area contributed by atoms with Crippen LogP contribution in [0.5, 0.6) is 0 Å². The van der Waals surface area contributed by atoms with E-state index in [1.54, 1.807) is 6.92 Å². The Hall–Kier alpha value is -1.37. The molecule has 16 heavy (non-hydrogen) atoms. The number of Topliss-reactive ketones (excluding diaryl/α,β-unsaturated/α-hetero) is 1. The Morgan fingerprint density at radius 1 is 1.31 bits per heavy atom. The Morgan fingerprint density at radius 3 is 2.44 bits per heavy atom. The molecule has 0 spiro atoms. The largest absolute Gasteiger partial charge is 0.299 e. The van der Waals surface area contributed by atoms with Crippen molar-refractivity contribution in [2.24, 2.45) is 11.3 Å². The van der Waals surface area contributed by atoms with E-state index in [-0.39, 0.29) is 5.41 Å². The molecule has 0 fully saturated rings. The number of hydrogen-bond acceptors (Lipinski definition) is 1. The topological polar surface area (TPSA) is 17.1 Å². The molecule has 1 heteroatoms. The van der Waals surface area contributed by atoms with E-state index in [9.17, 15) is 4.79 Å². The molecule has 1 aromatic rings. The van der Waals surface area contributed by atoms with Gasteiger partial charge in [0.15, 0.2) is 0 Å². The van der Waals surface area contributed by atoms with Crippen LogP contribution in [0.1, 0.15) is 32.8 Å². The monoisotopic (exact) mass is 214 g/mol. The van der Waals surface area contributed by atoms with E-state index in [1.807, 2.05) is 18.2 Å². The third-order valence-electron chi connectivity index (χ3n) is 4.08. The van der Waals surface area contributed by atoms with Crippen molar-refractivity contribution in [3.63, 3.8) is 0 Å². The van der Waals surface area contributed by atoms with E-state index < -0.39 is 0 Å². The van der Waals surface area contributed by atoms with E-state index in [0.717, 1.165) is 6.42 Å². The van der Waals surface area contributed by atoms with Gasteiger partial charge in [0, 0.05) is 5.41 Å². The van der Waals surface area contributed by atoms with Crippen LogP contribution < -0.4 is 0 Å². The van der Waals surface area contributed by atoms with Crippen LogP contribution in [0.15, 0.2) is 36.4 Å². The lowest BCUT2D eigenvalue weighted by Crippen LogP contribution is -2.29. The van der Waals surface area contributed by atoms with Crippen LogP contribution in [0, 0.1) is 11.3 Å². The second-order valence-corrected chi connectivity index (χ2v) is 4.92. The van der Waals surface area contributed by atoms with Crippen molar-refractivity contribution in [3.05, 3.63) is 42.0 Å². The molecule has 0 aromatic heterocycles. The minimum absolute atomic E-state index is 0.203. The molecule has 1 aliphatic rings. The SMILES string of the molecule is CC(=O)[C@]1(C)CC=C(c2ccccc2)[C@H]1C. The average Bonchev–Trinajstić information content (AvgIpc) is 2.59.